The van der Waals surface area contributed by atoms with Crippen LogP contribution in [0.2, 0.25) is 0 Å². The Morgan fingerprint density at radius 3 is 2.63 bits per heavy atom. The molecular weight excluding hydrogens is 370 g/mol. The van der Waals surface area contributed by atoms with Crippen LogP contribution in [0.1, 0.15) is 24.5 Å². The quantitative estimate of drug-likeness (QED) is 0.638. The van der Waals surface area contributed by atoms with E-state index >= 15 is 0 Å². The molecule has 0 bridgehead atoms. The smallest absolute Gasteiger partial charge is 0.270 e. The third-order valence-electron chi connectivity index (χ3n) is 4.50. The lowest BCUT2D eigenvalue weighted by Crippen LogP contribution is -2.33. The monoisotopic (exact) mass is 389 g/mol. The van der Waals surface area contributed by atoms with E-state index in [2.05, 4.69) is 4.72 Å². The number of anilines is 2. The highest BCUT2D eigenvalue weighted by molar-refractivity contribution is 7.92. The maximum atomic E-state index is 12.7. The first-order chi connectivity index (χ1) is 12.7. The second kappa shape index (κ2) is 6.99. The number of benzene rings is 2. The number of non-ortho nitro benzene ring substituents is 1. The molecule has 0 radical (unpaired) electrons. The SMILES string of the molecule is CC(=O)N1CCCc2cc(NS(=O)(=O)c3cc([N+](=O)[O-])ccc3C)ccc21. The zero-order valence-electron chi connectivity index (χ0n) is 14.9. The average molecular weight is 389 g/mol. The Kier molecular flexibility index (Phi) is 4.88. The van der Waals surface area contributed by atoms with Gasteiger partial charge in [-0.25, -0.2) is 8.42 Å². The van der Waals surface area contributed by atoms with Crippen molar-refractivity contribution in [1.29, 1.82) is 0 Å². The van der Waals surface area contributed by atoms with Gasteiger partial charge in [-0.15, -0.1) is 0 Å². The van der Waals surface area contributed by atoms with Gasteiger partial charge in [-0.05, 0) is 49.1 Å². The van der Waals surface area contributed by atoms with Crippen LogP contribution < -0.4 is 9.62 Å². The average Bonchev–Trinajstić information content (AvgIpc) is 2.60. The molecule has 0 fully saturated rings. The summed E-state index contributed by atoms with van der Waals surface area (Å²) in [7, 11) is -3.99. The number of carbonyl (C=O) groups is 1. The summed E-state index contributed by atoms with van der Waals surface area (Å²) in [5, 5.41) is 11.0. The van der Waals surface area contributed by atoms with Gasteiger partial charge in [0.25, 0.3) is 15.7 Å². The summed E-state index contributed by atoms with van der Waals surface area (Å²) in [5.74, 6) is -0.0588. The molecule has 0 saturated carbocycles. The van der Waals surface area contributed by atoms with E-state index in [9.17, 15) is 23.3 Å². The van der Waals surface area contributed by atoms with Gasteiger partial charge in [0, 0.05) is 37.0 Å². The molecule has 1 amide bonds. The molecule has 1 heterocycles. The van der Waals surface area contributed by atoms with Gasteiger partial charge in [0.15, 0.2) is 0 Å². The Morgan fingerprint density at radius 2 is 1.96 bits per heavy atom. The van der Waals surface area contributed by atoms with E-state index in [0.29, 0.717) is 17.8 Å². The summed E-state index contributed by atoms with van der Waals surface area (Å²) < 4.78 is 28.0. The van der Waals surface area contributed by atoms with Crippen LogP contribution in [0, 0.1) is 17.0 Å². The van der Waals surface area contributed by atoms with Crippen LogP contribution in [0.5, 0.6) is 0 Å². The van der Waals surface area contributed by atoms with Gasteiger partial charge in [-0.2, -0.15) is 0 Å². The maximum absolute atomic E-state index is 12.7. The predicted molar refractivity (Wildman–Crippen MR) is 101 cm³/mol. The largest absolute Gasteiger partial charge is 0.312 e. The second-order valence-corrected chi connectivity index (χ2v) is 8.08. The number of hydrogen-bond acceptors (Lipinski definition) is 5. The Morgan fingerprint density at radius 1 is 1.22 bits per heavy atom. The molecule has 27 heavy (non-hydrogen) atoms. The first-order valence-electron chi connectivity index (χ1n) is 8.38. The third kappa shape index (κ3) is 3.77. The number of rotatable bonds is 4. The van der Waals surface area contributed by atoms with Crippen LogP contribution in [-0.4, -0.2) is 25.8 Å². The van der Waals surface area contributed by atoms with E-state index in [1.807, 2.05) is 0 Å². The Balaban J connectivity index is 1.94. The first kappa shape index (κ1) is 18.8. The minimum atomic E-state index is -3.99. The standard InChI is InChI=1S/C18H19N3O5S/c1-12-5-7-16(21(23)24)11-18(12)27(25,26)19-15-6-8-17-14(10-15)4-3-9-20(17)13(2)22/h5-8,10-11,19H,3-4,9H2,1-2H3. The van der Waals surface area contributed by atoms with E-state index in [1.54, 1.807) is 30.0 Å². The van der Waals surface area contributed by atoms with Crippen LogP contribution in [0.15, 0.2) is 41.3 Å². The van der Waals surface area contributed by atoms with Crippen molar-refractivity contribution in [2.45, 2.75) is 31.6 Å². The number of nitro groups is 1. The lowest BCUT2D eigenvalue weighted by Gasteiger charge is -2.29. The zero-order chi connectivity index (χ0) is 19.8. The molecule has 0 unspecified atom stereocenters. The number of sulfonamides is 1. The summed E-state index contributed by atoms with van der Waals surface area (Å²) in [5.41, 5.74) is 2.14. The molecule has 8 nitrogen and oxygen atoms in total. The van der Waals surface area contributed by atoms with Crippen molar-refractivity contribution < 1.29 is 18.1 Å². The van der Waals surface area contributed by atoms with Crippen LogP contribution in [-0.2, 0) is 21.2 Å². The lowest BCUT2D eigenvalue weighted by molar-refractivity contribution is -0.385. The first-order valence-corrected chi connectivity index (χ1v) is 9.86. The minimum absolute atomic E-state index is 0.0588. The summed E-state index contributed by atoms with van der Waals surface area (Å²) >= 11 is 0. The minimum Gasteiger partial charge on any atom is -0.312 e. The van der Waals surface area contributed by atoms with Crippen molar-refractivity contribution in [3.8, 4) is 0 Å². The van der Waals surface area contributed by atoms with Crippen LogP contribution in [0.4, 0.5) is 17.1 Å². The van der Waals surface area contributed by atoms with Gasteiger partial charge < -0.3 is 4.90 Å². The van der Waals surface area contributed by atoms with Gasteiger partial charge in [0.1, 0.15) is 0 Å². The van der Waals surface area contributed by atoms with Crippen molar-refractivity contribution in [3.05, 3.63) is 57.6 Å². The van der Waals surface area contributed by atoms with Crippen molar-refractivity contribution in [1.82, 2.24) is 0 Å². The molecule has 0 saturated heterocycles. The summed E-state index contributed by atoms with van der Waals surface area (Å²) in [6, 6.07) is 8.73. The van der Waals surface area contributed by atoms with Gasteiger partial charge >= 0.3 is 0 Å². The highest BCUT2D eigenvalue weighted by Gasteiger charge is 2.23. The normalized spacial score (nSPS) is 13.8. The molecule has 0 aliphatic carbocycles. The third-order valence-corrected chi connectivity index (χ3v) is 6.03. The number of amides is 1. The number of aryl methyl sites for hydroxylation is 2. The number of hydrogen-bond donors (Lipinski definition) is 1. The molecule has 1 aliphatic heterocycles. The van der Waals surface area contributed by atoms with Crippen molar-refractivity contribution in [2.24, 2.45) is 0 Å². The summed E-state index contributed by atoms with van der Waals surface area (Å²) in [6.45, 7) is 3.72. The Hall–Kier alpha value is -2.94. The Labute approximate surface area is 157 Å². The fraction of sp³-hybridized carbons (Fsp3) is 0.278. The molecule has 3 rings (SSSR count). The highest BCUT2D eigenvalue weighted by Crippen LogP contribution is 2.31. The van der Waals surface area contributed by atoms with Gasteiger partial charge in [0.2, 0.25) is 5.91 Å². The fourth-order valence-electron chi connectivity index (χ4n) is 3.19. The van der Waals surface area contributed by atoms with Gasteiger partial charge in [-0.3, -0.25) is 19.6 Å². The fourth-order valence-corrected chi connectivity index (χ4v) is 4.50. The molecule has 0 aromatic heterocycles. The van der Waals surface area contributed by atoms with Crippen LogP contribution in [0.3, 0.4) is 0 Å². The van der Waals surface area contributed by atoms with Crippen molar-refractivity contribution >= 4 is 33.0 Å². The van der Waals surface area contributed by atoms with Crippen LogP contribution >= 0.6 is 0 Å². The molecule has 0 spiro atoms. The molecule has 2 aromatic carbocycles. The molecule has 1 aliphatic rings. The molecule has 0 atom stereocenters. The maximum Gasteiger partial charge on any atom is 0.270 e. The molecule has 1 N–H and O–H groups in total. The highest BCUT2D eigenvalue weighted by atomic mass is 32.2. The van der Waals surface area contributed by atoms with E-state index in [0.717, 1.165) is 30.2 Å². The summed E-state index contributed by atoms with van der Waals surface area (Å²) in [6.07, 6.45) is 1.54. The second-order valence-electron chi connectivity index (χ2n) is 6.43. The van der Waals surface area contributed by atoms with E-state index in [4.69, 9.17) is 0 Å². The number of carbonyl (C=O) groups excluding carboxylic acids is 1. The van der Waals surface area contributed by atoms with E-state index in [-0.39, 0.29) is 16.5 Å². The topological polar surface area (TPSA) is 110 Å². The Bertz CT molecular complexity index is 1030. The van der Waals surface area contributed by atoms with E-state index in [1.165, 1.54) is 19.1 Å². The van der Waals surface area contributed by atoms with Crippen molar-refractivity contribution in [2.75, 3.05) is 16.2 Å². The number of nitro benzene ring substituents is 1. The molecular formula is C18H19N3O5S. The molecule has 2 aromatic rings. The lowest BCUT2D eigenvalue weighted by atomic mass is 10.0. The van der Waals surface area contributed by atoms with E-state index < -0.39 is 14.9 Å². The van der Waals surface area contributed by atoms with Gasteiger partial charge in [-0.1, -0.05) is 6.07 Å². The number of nitrogens with one attached hydrogen (secondary N) is 1. The molecule has 142 valence electrons. The number of nitrogens with zero attached hydrogens (tertiary/aromatic N) is 2. The molecule has 9 heteroatoms. The van der Waals surface area contributed by atoms with Gasteiger partial charge in [0.05, 0.1) is 9.82 Å². The van der Waals surface area contributed by atoms with Crippen LogP contribution in [0.25, 0.3) is 0 Å². The van der Waals surface area contributed by atoms with Crippen molar-refractivity contribution in [3.63, 3.8) is 0 Å². The predicted octanol–water partition coefficient (Wildman–Crippen LogP) is 3.00. The summed E-state index contributed by atoms with van der Waals surface area (Å²) in [4.78, 5) is 23.6. The number of fused-ring (bicyclic) bond motifs is 1. The zero-order valence-corrected chi connectivity index (χ0v) is 15.7.